The lowest BCUT2D eigenvalue weighted by atomic mass is 10.2. The quantitative estimate of drug-likeness (QED) is 0.783. The lowest BCUT2D eigenvalue weighted by molar-refractivity contribution is -0.119. The molecule has 0 radical (unpaired) electrons. The Morgan fingerprint density at radius 1 is 1.08 bits per heavy atom. The van der Waals surface area contributed by atoms with Gasteiger partial charge in [-0.3, -0.25) is 4.79 Å². The van der Waals surface area contributed by atoms with Crippen LogP contribution in [0.1, 0.15) is 11.1 Å². The van der Waals surface area contributed by atoms with E-state index >= 15 is 0 Å². The van der Waals surface area contributed by atoms with Gasteiger partial charge in [0, 0.05) is 25.7 Å². The van der Waals surface area contributed by atoms with Gasteiger partial charge in [0.15, 0.2) is 0 Å². The molecule has 0 bridgehead atoms. The van der Waals surface area contributed by atoms with E-state index in [-0.39, 0.29) is 13.1 Å². The van der Waals surface area contributed by atoms with Crippen molar-refractivity contribution in [2.45, 2.75) is 13.5 Å². The van der Waals surface area contributed by atoms with Crippen molar-refractivity contribution in [1.82, 2.24) is 9.62 Å². The highest BCUT2D eigenvalue weighted by Gasteiger charge is 2.27. The summed E-state index contributed by atoms with van der Waals surface area (Å²) in [5, 5.41) is 3.26. The minimum atomic E-state index is -3.81. The predicted molar refractivity (Wildman–Crippen MR) is 104 cm³/mol. The molecule has 0 saturated heterocycles. The first-order valence-corrected chi connectivity index (χ1v) is 9.76. The molecule has 0 heterocycles. The summed E-state index contributed by atoms with van der Waals surface area (Å²) in [5.41, 5.74) is 2.19. The largest absolute Gasteiger partial charge is 0.350 e. The average Bonchev–Trinajstić information content (AvgIpc) is 2.59. The molecule has 2 aromatic carbocycles. The summed E-state index contributed by atoms with van der Waals surface area (Å²) in [6.45, 7) is 1.81. The Morgan fingerprint density at radius 3 is 2.27 bits per heavy atom. The lowest BCUT2D eigenvalue weighted by Crippen LogP contribution is -2.45. The van der Waals surface area contributed by atoms with Gasteiger partial charge in [0.25, 0.3) is 0 Å². The summed E-state index contributed by atoms with van der Waals surface area (Å²) in [6, 6.07) is 14.1. The van der Waals surface area contributed by atoms with E-state index in [1.54, 1.807) is 42.5 Å². The molecule has 0 spiro atoms. The van der Waals surface area contributed by atoms with E-state index < -0.39 is 16.1 Å². The fraction of sp³-hybridized carbons (Fsp3) is 0.278. The Bertz CT molecular complexity index is 868. The first-order chi connectivity index (χ1) is 12.2. The van der Waals surface area contributed by atoms with Gasteiger partial charge in [0.1, 0.15) is 6.54 Å². The van der Waals surface area contributed by atoms with Gasteiger partial charge in [-0.05, 0) is 30.7 Å². The highest BCUT2D eigenvalue weighted by atomic mass is 35.5. The van der Waals surface area contributed by atoms with Crippen LogP contribution in [0, 0.1) is 6.92 Å². The Kier molecular flexibility index (Phi) is 6.63. The zero-order valence-electron chi connectivity index (χ0n) is 14.9. The number of hydrogen-bond donors (Lipinski definition) is 1. The maximum absolute atomic E-state index is 12.6. The van der Waals surface area contributed by atoms with Crippen molar-refractivity contribution >= 4 is 33.4 Å². The number of benzene rings is 2. The molecule has 2 aromatic rings. The number of rotatable bonds is 7. The first-order valence-electron chi connectivity index (χ1n) is 7.99. The van der Waals surface area contributed by atoms with Gasteiger partial charge in [-0.25, -0.2) is 4.31 Å². The molecule has 0 atom stereocenters. The number of aryl methyl sites for hydroxylation is 1. The van der Waals surface area contributed by atoms with Crippen molar-refractivity contribution in [3.05, 3.63) is 64.7 Å². The van der Waals surface area contributed by atoms with Crippen LogP contribution < -0.4 is 9.62 Å². The zero-order chi connectivity index (χ0) is 19.3. The van der Waals surface area contributed by atoms with Crippen LogP contribution >= 0.6 is 11.6 Å². The van der Waals surface area contributed by atoms with Crippen LogP contribution in [0.15, 0.2) is 48.5 Å². The molecule has 8 heteroatoms. The molecule has 0 saturated carbocycles. The molecule has 0 aromatic heterocycles. The van der Waals surface area contributed by atoms with Gasteiger partial charge in [0.05, 0.1) is 5.69 Å². The van der Waals surface area contributed by atoms with E-state index in [2.05, 4.69) is 5.32 Å². The second kappa shape index (κ2) is 8.53. The smallest absolute Gasteiger partial charge is 0.304 e. The first kappa shape index (κ1) is 20.2. The van der Waals surface area contributed by atoms with E-state index in [1.165, 1.54) is 14.1 Å². The monoisotopic (exact) mass is 395 g/mol. The molecule has 0 aliphatic rings. The normalized spacial score (nSPS) is 11.4. The molecule has 1 N–H and O–H groups in total. The van der Waals surface area contributed by atoms with Crippen molar-refractivity contribution in [2.24, 2.45) is 0 Å². The summed E-state index contributed by atoms with van der Waals surface area (Å²) in [6.07, 6.45) is 0. The molecule has 6 nitrogen and oxygen atoms in total. The summed E-state index contributed by atoms with van der Waals surface area (Å²) in [7, 11) is -0.954. The Hall–Kier alpha value is -2.09. The molecule has 26 heavy (non-hydrogen) atoms. The molecular weight excluding hydrogens is 374 g/mol. The maximum Gasteiger partial charge on any atom is 0.304 e. The minimum absolute atomic E-state index is 0.224. The van der Waals surface area contributed by atoms with Gasteiger partial charge in [-0.1, -0.05) is 47.5 Å². The minimum Gasteiger partial charge on any atom is -0.350 e. The maximum atomic E-state index is 12.6. The third-order valence-corrected chi connectivity index (χ3v) is 5.97. The number of nitrogens with zero attached hydrogens (tertiary/aromatic N) is 2. The van der Waals surface area contributed by atoms with Crippen LogP contribution in [0.2, 0.25) is 5.02 Å². The van der Waals surface area contributed by atoms with Crippen molar-refractivity contribution in [2.75, 3.05) is 24.9 Å². The van der Waals surface area contributed by atoms with Crippen molar-refractivity contribution in [3.8, 4) is 0 Å². The fourth-order valence-electron chi connectivity index (χ4n) is 2.24. The van der Waals surface area contributed by atoms with Crippen LogP contribution in [0.3, 0.4) is 0 Å². The van der Waals surface area contributed by atoms with E-state index in [1.807, 2.05) is 13.0 Å². The fourth-order valence-corrected chi connectivity index (χ4v) is 3.50. The highest BCUT2D eigenvalue weighted by Crippen LogP contribution is 2.20. The van der Waals surface area contributed by atoms with E-state index in [0.29, 0.717) is 10.7 Å². The van der Waals surface area contributed by atoms with E-state index in [9.17, 15) is 13.2 Å². The van der Waals surface area contributed by atoms with Crippen molar-refractivity contribution in [1.29, 1.82) is 0 Å². The topological polar surface area (TPSA) is 69.7 Å². The van der Waals surface area contributed by atoms with Gasteiger partial charge < -0.3 is 5.32 Å². The summed E-state index contributed by atoms with van der Waals surface area (Å²) < 4.78 is 27.4. The SMILES string of the molecule is Cc1ccc(N(CC(=O)NCc2ccccc2Cl)S(=O)(=O)N(C)C)cc1. The Labute approximate surface area is 159 Å². The second-order valence-corrected chi connectivity index (χ2v) is 8.47. The standard InChI is InChI=1S/C18H22ClN3O3S/c1-14-8-10-16(11-9-14)22(26(24,25)21(2)3)13-18(23)20-12-15-6-4-5-7-17(15)19/h4-11H,12-13H2,1-3H3,(H,20,23). The number of halogens is 1. The van der Waals surface area contributed by atoms with Crippen LogP contribution in [-0.2, 0) is 21.5 Å². The third kappa shape index (κ3) is 4.97. The number of carbonyl (C=O) groups is 1. The van der Waals surface area contributed by atoms with Gasteiger partial charge in [-0.2, -0.15) is 12.7 Å². The van der Waals surface area contributed by atoms with Crippen LogP contribution in [0.4, 0.5) is 5.69 Å². The van der Waals surface area contributed by atoms with Crippen LogP contribution in [0.25, 0.3) is 0 Å². The molecule has 0 aliphatic heterocycles. The number of carbonyl (C=O) groups excluding carboxylic acids is 1. The summed E-state index contributed by atoms with van der Waals surface area (Å²) in [4.78, 5) is 12.4. The zero-order valence-corrected chi connectivity index (χ0v) is 16.5. The highest BCUT2D eigenvalue weighted by molar-refractivity contribution is 7.90. The summed E-state index contributed by atoms with van der Waals surface area (Å²) >= 11 is 6.07. The molecular formula is C18H22ClN3O3S. The van der Waals surface area contributed by atoms with Crippen LogP contribution in [-0.4, -0.2) is 39.3 Å². The van der Waals surface area contributed by atoms with Gasteiger partial charge in [-0.15, -0.1) is 0 Å². The Balaban J connectivity index is 2.17. The molecule has 2 rings (SSSR count). The van der Waals surface area contributed by atoms with Crippen molar-refractivity contribution in [3.63, 3.8) is 0 Å². The Morgan fingerprint density at radius 2 is 1.69 bits per heavy atom. The summed E-state index contributed by atoms with van der Waals surface area (Å²) in [5.74, 6) is -0.420. The predicted octanol–water partition coefficient (Wildman–Crippen LogP) is 2.58. The number of hydrogen-bond acceptors (Lipinski definition) is 3. The van der Waals surface area contributed by atoms with Crippen LogP contribution in [0.5, 0.6) is 0 Å². The molecule has 0 fully saturated rings. The second-order valence-electron chi connectivity index (χ2n) is 6.00. The number of amides is 1. The number of nitrogens with one attached hydrogen (secondary N) is 1. The average molecular weight is 396 g/mol. The number of anilines is 1. The molecule has 1 amide bonds. The third-order valence-electron chi connectivity index (χ3n) is 3.78. The molecule has 0 aliphatic carbocycles. The van der Waals surface area contributed by atoms with E-state index in [0.717, 1.165) is 19.7 Å². The molecule has 0 unspecified atom stereocenters. The van der Waals surface area contributed by atoms with Gasteiger partial charge >= 0.3 is 10.2 Å². The van der Waals surface area contributed by atoms with Gasteiger partial charge in [0.2, 0.25) is 5.91 Å². The van der Waals surface area contributed by atoms with Crippen molar-refractivity contribution < 1.29 is 13.2 Å². The lowest BCUT2D eigenvalue weighted by Gasteiger charge is -2.27. The molecule has 140 valence electrons. The van der Waals surface area contributed by atoms with E-state index in [4.69, 9.17) is 11.6 Å².